The summed E-state index contributed by atoms with van der Waals surface area (Å²) in [6.07, 6.45) is 0. The van der Waals surface area contributed by atoms with Crippen LogP contribution in [0.1, 0.15) is 11.6 Å². The molecule has 1 aromatic carbocycles. The van der Waals surface area contributed by atoms with Crippen LogP contribution in [0.25, 0.3) is 0 Å². The third kappa shape index (κ3) is 2.87. The summed E-state index contributed by atoms with van der Waals surface area (Å²) in [5.74, 6) is -0.181. The van der Waals surface area contributed by atoms with E-state index in [0.717, 1.165) is 12.1 Å². The molecule has 1 aliphatic heterocycles. The van der Waals surface area contributed by atoms with Gasteiger partial charge in [0.15, 0.2) is 0 Å². The number of benzene rings is 1. The summed E-state index contributed by atoms with van der Waals surface area (Å²) >= 11 is 0. The molecule has 18 heavy (non-hydrogen) atoms. The van der Waals surface area contributed by atoms with Crippen molar-refractivity contribution in [2.75, 3.05) is 26.2 Å². The molecule has 1 amide bonds. The van der Waals surface area contributed by atoms with Gasteiger partial charge in [0, 0.05) is 25.7 Å². The molecule has 1 fully saturated rings. The van der Waals surface area contributed by atoms with Crippen molar-refractivity contribution in [1.82, 2.24) is 10.2 Å². The van der Waals surface area contributed by atoms with E-state index in [1.54, 1.807) is 4.90 Å². The Kier molecular flexibility index (Phi) is 4.30. The summed E-state index contributed by atoms with van der Waals surface area (Å²) in [6, 6.07) is 9.34. The van der Waals surface area contributed by atoms with E-state index in [9.17, 15) is 4.79 Å². The van der Waals surface area contributed by atoms with Gasteiger partial charge in [-0.25, -0.2) is 0 Å². The first kappa shape index (κ1) is 13.0. The average Bonchev–Trinajstić information content (AvgIpc) is 2.46. The van der Waals surface area contributed by atoms with Crippen molar-refractivity contribution in [2.24, 2.45) is 5.73 Å². The van der Waals surface area contributed by atoms with Crippen molar-refractivity contribution in [1.29, 1.82) is 0 Å². The Morgan fingerprint density at radius 3 is 2.89 bits per heavy atom. The van der Waals surface area contributed by atoms with E-state index in [1.165, 1.54) is 0 Å². The van der Waals surface area contributed by atoms with Gasteiger partial charge in [0.25, 0.3) is 0 Å². The summed E-state index contributed by atoms with van der Waals surface area (Å²) < 4.78 is 0. The molecule has 4 N–H and O–H groups in total. The Bertz CT molecular complexity index is 396. The van der Waals surface area contributed by atoms with Crippen molar-refractivity contribution in [3.05, 3.63) is 35.9 Å². The van der Waals surface area contributed by atoms with Crippen LogP contribution in [-0.2, 0) is 4.79 Å². The van der Waals surface area contributed by atoms with Crippen LogP contribution in [0.15, 0.2) is 30.3 Å². The fourth-order valence-electron chi connectivity index (χ4n) is 2.17. The lowest BCUT2D eigenvalue weighted by Gasteiger charge is -2.35. The number of rotatable bonds is 3. The highest BCUT2D eigenvalue weighted by Crippen LogP contribution is 2.17. The molecule has 0 bridgehead atoms. The molecular weight excluding hydrogens is 230 g/mol. The van der Waals surface area contributed by atoms with E-state index in [0.29, 0.717) is 13.1 Å². The molecule has 0 aromatic heterocycles. The topological polar surface area (TPSA) is 78.6 Å². The summed E-state index contributed by atoms with van der Waals surface area (Å²) in [4.78, 5) is 13.6. The first-order valence-corrected chi connectivity index (χ1v) is 6.16. The molecule has 0 aliphatic carbocycles. The van der Waals surface area contributed by atoms with Gasteiger partial charge < -0.3 is 21.1 Å². The third-order valence-corrected chi connectivity index (χ3v) is 3.20. The lowest BCUT2D eigenvalue weighted by Crippen LogP contribution is -2.53. The van der Waals surface area contributed by atoms with Crippen molar-refractivity contribution < 1.29 is 9.90 Å². The predicted octanol–water partition coefficient (Wildman–Crippen LogP) is -0.521. The second-order valence-electron chi connectivity index (χ2n) is 4.49. The smallest absolute Gasteiger partial charge is 0.241 e. The molecule has 1 aliphatic rings. The van der Waals surface area contributed by atoms with Gasteiger partial charge in [-0.2, -0.15) is 0 Å². The summed E-state index contributed by atoms with van der Waals surface area (Å²) in [5.41, 5.74) is 6.73. The van der Waals surface area contributed by atoms with Gasteiger partial charge in [0.05, 0.1) is 6.61 Å². The maximum atomic E-state index is 11.9. The molecule has 0 spiro atoms. The molecule has 2 rings (SSSR count). The summed E-state index contributed by atoms with van der Waals surface area (Å²) in [6.45, 7) is 1.66. The van der Waals surface area contributed by atoms with Gasteiger partial charge in [-0.05, 0) is 5.56 Å². The highest BCUT2D eigenvalue weighted by atomic mass is 16.3. The lowest BCUT2D eigenvalue weighted by molar-refractivity contribution is -0.134. The van der Waals surface area contributed by atoms with Crippen LogP contribution >= 0.6 is 0 Å². The van der Waals surface area contributed by atoms with Crippen molar-refractivity contribution >= 4 is 5.91 Å². The number of piperazine rings is 1. The minimum atomic E-state index is -0.806. The molecular formula is C13H19N3O2. The monoisotopic (exact) mass is 249 g/mol. The number of nitrogens with zero attached hydrogens (tertiary/aromatic N) is 1. The minimum Gasteiger partial charge on any atom is -0.394 e. The number of aliphatic hydroxyl groups is 1. The number of amides is 1. The number of aliphatic hydroxyl groups excluding tert-OH is 1. The van der Waals surface area contributed by atoms with Crippen LogP contribution in [0.2, 0.25) is 0 Å². The number of hydrogen-bond acceptors (Lipinski definition) is 4. The van der Waals surface area contributed by atoms with E-state index >= 15 is 0 Å². The van der Waals surface area contributed by atoms with Gasteiger partial charge in [-0.15, -0.1) is 0 Å². The molecule has 98 valence electrons. The zero-order chi connectivity index (χ0) is 13.0. The fourth-order valence-corrected chi connectivity index (χ4v) is 2.17. The van der Waals surface area contributed by atoms with Gasteiger partial charge in [-0.3, -0.25) is 4.79 Å². The van der Waals surface area contributed by atoms with Crippen LogP contribution in [-0.4, -0.2) is 48.2 Å². The molecule has 2 unspecified atom stereocenters. The van der Waals surface area contributed by atoms with Crippen molar-refractivity contribution in [3.8, 4) is 0 Å². The van der Waals surface area contributed by atoms with Crippen LogP contribution in [0.5, 0.6) is 0 Å². The Morgan fingerprint density at radius 2 is 2.22 bits per heavy atom. The van der Waals surface area contributed by atoms with Crippen molar-refractivity contribution in [3.63, 3.8) is 0 Å². The zero-order valence-electron chi connectivity index (χ0n) is 10.2. The number of nitrogens with two attached hydrogens (primary N) is 1. The second-order valence-corrected chi connectivity index (χ2v) is 4.49. The Balaban J connectivity index is 2.03. The molecule has 5 heteroatoms. The van der Waals surface area contributed by atoms with E-state index in [-0.39, 0.29) is 18.6 Å². The van der Waals surface area contributed by atoms with Gasteiger partial charge in [0.1, 0.15) is 6.04 Å². The first-order chi connectivity index (χ1) is 8.72. The second kappa shape index (κ2) is 5.95. The normalized spacial score (nSPS) is 21.7. The zero-order valence-corrected chi connectivity index (χ0v) is 10.2. The maximum Gasteiger partial charge on any atom is 0.241 e. The molecule has 1 aromatic rings. The number of carbonyl (C=O) groups excluding carboxylic acids is 1. The van der Waals surface area contributed by atoms with Crippen LogP contribution < -0.4 is 11.1 Å². The van der Waals surface area contributed by atoms with E-state index in [2.05, 4.69) is 5.32 Å². The molecule has 5 nitrogen and oxygen atoms in total. The molecule has 1 heterocycles. The molecule has 0 radical (unpaired) electrons. The van der Waals surface area contributed by atoms with Gasteiger partial charge >= 0.3 is 0 Å². The van der Waals surface area contributed by atoms with Crippen LogP contribution in [0.3, 0.4) is 0 Å². The Hall–Kier alpha value is -1.43. The highest BCUT2D eigenvalue weighted by Gasteiger charge is 2.26. The summed E-state index contributed by atoms with van der Waals surface area (Å²) in [5, 5.41) is 12.3. The Labute approximate surface area is 107 Å². The Morgan fingerprint density at radius 1 is 1.50 bits per heavy atom. The third-order valence-electron chi connectivity index (χ3n) is 3.20. The fraction of sp³-hybridized carbons (Fsp3) is 0.462. The SMILES string of the molecule is NC(CO)C(=O)N1CCNC(c2ccccc2)C1. The molecule has 2 atom stereocenters. The van der Waals surface area contributed by atoms with Crippen molar-refractivity contribution in [2.45, 2.75) is 12.1 Å². The molecule has 1 saturated heterocycles. The number of carbonyl (C=O) groups is 1. The minimum absolute atomic E-state index is 0.134. The van der Waals surface area contributed by atoms with Gasteiger partial charge in [-0.1, -0.05) is 30.3 Å². The van der Waals surface area contributed by atoms with E-state index in [4.69, 9.17) is 10.8 Å². The first-order valence-electron chi connectivity index (χ1n) is 6.16. The van der Waals surface area contributed by atoms with Crippen LogP contribution in [0, 0.1) is 0 Å². The number of hydrogen-bond donors (Lipinski definition) is 3. The lowest BCUT2D eigenvalue weighted by atomic mass is 10.0. The highest BCUT2D eigenvalue weighted by molar-refractivity contribution is 5.82. The maximum absolute atomic E-state index is 11.9. The van der Waals surface area contributed by atoms with E-state index in [1.807, 2.05) is 30.3 Å². The van der Waals surface area contributed by atoms with Crippen LogP contribution in [0.4, 0.5) is 0 Å². The predicted molar refractivity (Wildman–Crippen MR) is 68.8 cm³/mol. The summed E-state index contributed by atoms with van der Waals surface area (Å²) in [7, 11) is 0. The average molecular weight is 249 g/mol. The largest absolute Gasteiger partial charge is 0.394 e. The van der Waals surface area contributed by atoms with E-state index < -0.39 is 6.04 Å². The number of nitrogens with one attached hydrogen (secondary N) is 1. The molecule has 0 saturated carbocycles. The van der Waals surface area contributed by atoms with Gasteiger partial charge in [0.2, 0.25) is 5.91 Å². The quantitative estimate of drug-likeness (QED) is 0.673. The standard InChI is InChI=1S/C13H19N3O2/c14-11(9-17)13(18)16-7-6-15-12(8-16)10-4-2-1-3-5-10/h1-5,11-12,15,17H,6-9,14H2.